The molecule has 0 atom stereocenters. The van der Waals surface area contributed by atoms with Gasteiger partial charge in [-0.05, 0) is 22.0 Å². The number of hydrogen-bond donors (Lipinski definition) is 1. The van der Waals surface area contributed by atoms with E-state index >= 15 is 0 Å². The first-order valence-electron chi connectivity index (χ1n) is 3.08. The fourth-order valence-electron chi connectivity index (χ4n) is 0.632. The van der Waals surface area contributed by atoms with Gasteiger partial charge in [0.2, 0.25) is 0 Å². The molecule has 3 nitrogen and oxygen atoms in total. The summed E-state index contributed by atoms with van der Waals surface area (Å²) >= 11 is 3.17. The summed E-state index contributed by atoms with van der Waals surface area (Å²) in [5, 5.41) is 7.96. The van der Waals surface area contributed by atoms with Gasteiger partial charge in [0.05, 0.1) is 4.47 Å². The lowest BCUT2D eigenvalue weighted by atomic mass is 10.5. The number of carboxylic acid groups (broad SMARTS) is 1. The van der Waals surface area contributed by atoms with E-state index in [4.69, 9.17) is 5.11 Å². The highest BCUT2D eigenvalue weighted by atomic mass is 79.9. The summed E-state index contributed by atoms with van der Waals surface area (Å²) in [6.45, 7) is 0. The molecule has 1 aromatic rings. The summed E-state index contributed by atoms with van der Waals surface area (Å²) in [4.78, 5) is 10.2. The van der Waals surface area contributed by atoms with E-state index in [2.05, 4.69) is 20.7 Å². The number of ether oxygens (including phenoxy) is 1. The summed E-state index contributed by atoms with van der Waals surface area (Å²) in [6, 6.07) is 1.05. The van der Waals surface area contributed by atoms with Crippen LogP contribution in [-0.4, -0.2) is 17.4 Å². The average molecular weight is 291 g/mol. The van der Waals surface area contributed by atoms with Gasteiger partial charge in [0, 0.05) is 0 Å². The van der Waals surface area contributed by atoms with Crippen molar-refractivity contribution in [2.45, 2.75) is 6.36 Å². The molecule has 0 aliphatic carbocycles. The molecule has 0 unspecified atom stereocenters. The van der Waals surface area contributed by atoms with Crippen molar-refractivity contribution in [3.63, 3.8) is 0 Å². The van der Waals surface area contributed by atoms with Crippen LogP contribution in [0.25, 0.3) is 0 Å². The average Bonchev–Trinajstić information content (AvgIpc) is 2.29. The topological polar surface area (TPSA) is 46.5 Å². The molecular formula is C6H2BrF3O3S. The van der Waals surface area contributed by atoms with Gasteiger partial charge in [0.15, 0.2) is 5.06 Å². The molecule has 0 radical (unpaired) electrons. The maximum absolute atomic E-state index is 11.7. The Bertz CT molecular complexity index is 360. The number of rotatable bonds is 2. The number of thiophene rings is 1. The molecule has 1 aromatic heterocycles. The first kappa shape index (κ1) is 11.3. The molecule has 0 saturated carbocycles. The molecular weight excluding hydrogens is 289 g/mol. The second-order valence-corrected chi connectivity index (χ2v) is 3.97. The van der Waals surface area contributed by atoms with Crippen LogP contribution >= 0.6 is 27.3 Å². The van der Waals surface area contributed by atoms with Gasteiger partial charge in [-0.15, -0.1) is 13.2 Å². The van der Waals surface area contributed by atoms with Gasteiger partial charge in [-0.2, -0.15) is 0 Å². The molecule has 1 heterocycles. The van der Waals surface area contributed by atoms with Crippen molar-refractivity contribution in [2.75, 3.05) is 0 Å². The highest BCUT2D eigenvalue weighted by Crippen LogP contribution is 2.38. The highest BCUT2D eigenvalue weighted by Gasteiger charge is 2.33. The van der Waals surface area contributed by atoms with E-state index in [9.17, 15) is 18.0 Å². The molecule has 0 bridgehead atoms. The van der Waals surface area contributed by atoms with E-state index < -0.39 is 17.4 Å². The molecule has 0 aliphatic rings. The zero-order valence-corrected chi connectivity index (χ0v) is 8.66. The minimum absolute atomic E-state index is 0.0303. The van der Waals surface area contributed by atoms with Crippen LogP contribution in [0.5, 0.6) is 5.06 Å². The lowest BCUT2D eigenvalue weighted by molar-refractivity contribution is -0.273. The van der Waals surface area contributed by atoms with Crippen molar-refractivity contribution in [3.05, 3.63) is 15.4 Å². The van der Waals surface area contributed by atoms with E-state index in [0.717, 1.165) is 6.07 Å². The van der Waals surface area contributed by atoms with E-state index in [1.54, 1.807) is 0 Å². The Hall–Kier alpha value is -0.760. The fourth-order valence-corrected chi connectivity index (χ4v) is 2.09. The first-order valence-corrected chi connectivity index (χ1v) is 4.69. The number of halogens is 4. The van der Waals surface area contributed by atoms with Gasteiger partial charge in [0.1, 0.15) is 4.88 Å². The third-order valence-electron chi connectivity index (χ3n) is 1.07. The zero-order valence-electron chi connectivity index (χ0n) is 6.26. The van der Waals surface area contributed by atoms with Crippen molar-refractivity contribution in [1.29, 1.82) is 0 Å². The van der Waals surface area contributed by atoms with E-state index in [1.807, 2.05) is 0 Å². The van der Waals surface area contributed by atoms with Gasteiger partial charge >= 0.3 is 12.3 Å². The largest absolute Gasteiger partial charge is 0.573 e. The molecule has 0 amide bonds. The van der Waals surface area contributed by atoms with Gasteiger partial charge in [-0.3, -0.25) is 0 Å². The van der Waals surface area contributed by atoms with Crippen molar-refractivity contribution >= 4 is 33.2 Å². The number of aromatic carboxylic acids is 1. The second-order valence-electron chi connectivity index (χ2n) is 2.10. The molecule has 78 valence electrons. The van der Waals surface area contributed by atoms with Gasteiger partial charge < -0.3 is 9.84 Å². The van der Waals surface area contributed by atoms with Crippen LogP contribution in [0.4, 0.5) is 13.2 Å². The smallest absolute Gasteiger partial charge is 0.477 e. The third-order valence-corrected chi connectivity index (χ3v) is 2.93. The quantitative estimate of drug-likeness (QED) is 0.910. The summed E-state index contributed by atoms with van der Waals surface area (Å²) in [5.74, 6) is -1.30. The Morgan fingerprint density at radius 1 is 1.57 bits per heavy atom. The molecule has 0 aliphatic heterocycles. The Balaban J connectivity index is 2.94. The molecule has 14 heavy (non-hydrogen) atoms. The van der Waals surface area contributed by atoms with Gasteiger partial charge in [0.25, 0.3) is 0 Å². The van der Waals surface area contributed by atoms with E-state index in [1.165, 1.54) is 0 Å². The van der Waals surface area contributed by atoms with Crippen LogP contribution in [-0.2, 0) is 0 Å². The van der Waals surface area contributed by atoms with Crippen LogP contribution in [0, 0.1) is 0 Å². The highest BCUT2D eigenvalue weighted by molar-refractivity contribution is 9.10. The summed E-state index contributed by atoms with van der Waals surface area (Å²) in [7, 11) is 0. The second kappa shape index (κ2) is 3.77. The molecule has 1 N–H and O–H groups in total. The number of alkyl halides is 3. The normalized spacial score (nSPS) is 11.4. The van der Waals surface area contributed by atoms with Crippen LogP contribution in [0.3, 0.4) is 0 Å². The summed E-state index contributed by atoms with van der Waals surface area (Å²) in [6.07, 6.45) is -4.82. The number of hydrogen-bond acceptors (Lipinski definition) is 3. The van der Waals surface area contributed by atoms with Crippen LogP contribution in [0.2, 0.25) is 0 Å². The van der Waals surface area contributed by atoms with Crippen molar-refractivity contribution < 1.29 is 27.8 Å². The Morgan fingerprint density at radius 2 is 2.14 bits per heavy atom. The molecule has 0 fully saturated rings. The lowest BCUT2D eigenvalue weighted by Crippen LogP contribution is -2.16. The Labute approximate surface area is 88.2 Å². The Kier molecular flexibility index (Phi) is 3.05. The minimum Gasteiger partial charge on any atom is -0.477 e. The molecule has 1 rings (SSSR count). The van der Waals surface area contributed by atoms with Gasteiger partial charge in [-0.25, -0.2) is 4.79 Å². The maximum atomic E-state index is 11.7. The standard InChI is InChI=1S/C6H2BrF3O3S/c7-2-1-3(4(11)12)14-5(2)13-6(8,9)10/h1H,(H,11,12). The SMILES string of the molecule is O=C(O)c1cc(Br)c(OC(F)(F)F)s1. The number of carboxylic acids is 1. The van der Waals surface area contributed by atoms with Crippen LogP contribution in [0.1, 0.15) is 9.67 Å². The monoisotopic (exact) mass is 290 g/mol. The van der Waals surface area contributed by atoms with Crippen molar-refractivity contribution in [1.82, 2.24) is 0 Å². The fraction of sp³-hybridized carbons (Fsp3) is 0.167. The van der Waals surface area contributed by atoms with Crippen LogP contribution in [0.15, 0.2) is 10.5 Å². The number of carbonyl (C=O) groups is 1. The third kappa shape index (κ3) is 2.88. The summed E-state index contributed by atoms with van der Waals surface area (Å²) in [5.41, 5.74) is 0. The Morgan fingerprint density at radius 3 is 2.50 bits per heavy atom. The predicted octanol–water partition coefficient (Wildman–Crippen LogP) is 3.11. The zero-order chi connectivity index (χ0) is 10.9. The van der Waals surface area contributed by atoms with Gasteiger partial charge in [-0.1, -0.05) is 11.3 Å². The molecule has 8 heteroatoms. The maximum Gasteiger partial charge on any atom is 0.573 e. The van der Waals surface area contributed by atoms with Crippen molar-refractivity contribution in [2.24, 2.45) is 0 Å². The first-order chi connectivity index (χ1) is 6.29. The van der Waals surface area contributed by atoms with Crippen LogP contribution < -0.4 is 4.74 Å². The van der Waals surface area contributed by atoms with E-state index in [0.29, 0.717) is 11.3 Å². The van der Waals surface area contributed by atoms with Crippen molar-refractivity contribution in [3.8, 4) is 5.06 Å². The lowest BCUT2D eigenvalue weighted by Gasteiger charge is -2.05. The molecule has 0 saturated heterocycles. The summed E-state index contributed by atoms with van der Waals surface area (Å²) < 4.78 is 38.8. The minimum atomic E-state index is -4.82. The predicted molar refractivity (Wildman–Crippen MR) is 45.7 cm³/mol. The molecule has 0 aromatic carbocycles. The molecule has 0 spiro atoms. The van der Waals surface area contributed by atoms with E-state index in [-0.39, 0.29) is 9.35 Å².